The number of hydrogen-bond donors (Lipinski definition) is 3. The summed E-state index contributed by atoms with van der Waals surface area (Å²) in [5.41, 5.74) is 7.78. The van der Waals surface area contributed by atoms with Gasteiger partial charge in [-0.25, -0.2) is 0 Å². The summed E-state index contributed by atoms with van der Waals surface area (Å²) in [7, 11) is 3.16. The second-order valence-corrected chi connectivity index (χ2v) is 10.6. The molecule has 4 rings (SSSR count). The summed E-state index contributed by atoms with van der Waals surface area (Å²) in [5.74, 6) is 0.988. The standard InChI is InChI=1S/C31H41N5O5/c1-5-29(37)33-34-30(38)13-10-23-8-11-25(36-16-14-35(15-17-36)20-22-6-7-22)19-26(23)31(39)32-21(2)24-9-12-27(40-3)28(18-24)41-4/h5,8-9,11-12,18-19,21-22H,1,6-7,10,13-17,20H2,2-4H3,(H,32,39)(H,33,37)(H,34,38)/t21-/m1/s1. The molecule has 10 heteroatoms. The van der Waals surface area contributed by atoms with E-state index in [0.29, 0.717) is 23.5 Å². The number of ether oxygens (including phenoxy) is 2. The normalized spacial score (nSPS) is 15.9. The van der Waals surface area contributed by atoms with Crippen molar-refractivity contribution in [1.29, 1.82) is 0 Å². The monoisotopic (exact) mass is 563 g/mol. The summed E-state index contributed by atoms with van der Waals surface area (Å²) in [6, 6.07) is 11.1. The van der Waals surface area contributed by atoms with E-state index in [1.165, 1.54) is 19.4 Å². The molecular weight excluding hydrogens is 522 g/mol. The molecule has 1 atom stereocenters. The molecule has 0 radical (unpaired) electrons. The van der Waals surface area contributed by atoms with Crippen molar-refractivity contribution >= 4 is 23.4 Å². The van der Waals surface area contributed by atoms with Gasteiger partial charge < -0.3 is 19.7 Å². The fourth-order valence-corrected chi connectivity index (χ4v) is 5.02. The van der Waals surface area contributed by atoms with Gasteiger partial charge in [-0.1, -0.05) is 18.7 Å². The molecule has 3 N–H and O–H groups in total. The number of benzene rings is 2. The zero-order chi connectivity index (χ0) is 29.4. The summed E-state index contributed by atoms with van der Waals surface area (Å²) in [4.78, 5) is 42.2. The van der Waals surface area contributed by atoms with E-state index < -0.39 is 5.91 Å². The molecule has 3 amide bonds. The van der Waals surface area contributed by atoms with Gasteiger partial charge in [-0.15, -0.1) is 0 Å². The Bertz CT molecular complexity index is 1250. The van der Waals surface area contributed by atoms with Crippen LogP contribution in [-0.2, 0) is 16.0 Å². The van der Waals surface area contributed by atoms with Crippen LogP contribution in [-0.4, -0.2) is 69.6 Å². The van der Waals surface area contributed by atoms with Crippen molar-refractivity contribution in [2.24, 2.45) is 5.92 Å². The highest BCUT2D eigenvalue weighted by molar-refractivity contribution is 5.97. The first-order valence-electron chi connectivity index (χ1n) is 14.2. The number of anilines is 1. The molecule has 1 aliphatic heterocycles. The molecule has 2 aromatic carbocycles. The van der Waals surface area contributed by atoms with Crippen molar-refractivity contribution in [3.63, 3.8) is 0 Å². The van der Waals surface area contributed by atoms with Crippen molar-refractivity contribution in [3.8, 4) is 11.5 Å². The maximum absolute atomic E-state index is 13.7. The maximum atomic E-state index is 13.7. The third-order valence-corrected chi connectivity index (χ3v) is 7.68. The highest BCUT2D eigenvalue weighted by atomic mass is 16.5. The van der Waals surface area contributed by atoms with Crippen LogP contribution in [0.4, 0.5) is 5.69 Å². The van der Waals surface area contributed by atoms with E-state index in [0.717, 1.165) is 55.0 Å². The number of piperazine rings is 1. The molecule has 1 saturated heterocycles. The Morgan fingerprint density at radius 3 is 2.39 bits per heavy atom. The highest BCUT2D eigenvalue weighted by Crippen LogP contribution is 2.31. The molecule has 1 saturated carbocycles. The van der Waals surface area contributed by atoms with Gasteiger partial charge in [0.2, 0.25) is 5.91 Å². The predicted octanol–water partition coefficient (Wildman–Crippen LogP) is 2.99. The van der Waals surface area contributed by atoms with E-state index in [1.54, 1.807) is 14.2 Å². The fraction of sp³-hybridized carbons (Fsp3) is 0.452. The van der Waals surface area contributed by atoms with Gasteiger partial charge in [0.15, 0.2) is 11.5 Å². The number of nitrogens with zero attached hydrogens (tertiary/aromatic N) is 2. The lowest BCUT2D eigenvalue weighted by Gasteiger charge is -2.36. The average Bonchev–Trinajstić information content (AvgIpc) is 3.82. The Morgan fingerprint density at radius 1 is 1.00 bits per heavy atom. The fourth-order valence-electron chi connectivity index (χ4n) is 5.02. The lowest BCUT2D eigenvalue weighted by molar-refractivity contribution is -0.126. The topological polar surface area (TPSA) is 112 Å². The lowest BCUT2D eigenvalue weighted by atomic mass is 9.99. The molecule has 0 bridgehead atoms. The second kappa shape index (κ2) is 14.0. The first-order chi connectivity index (χ1) is 19.8. The third kappa shape index (κ3) is 8.23. The molecule has 0 spiro atoms. The quantitative estimate of drug-likeness (QED) is 0.269. The van der Waals surface area contributed by atoms with Gasteiger partial charge in [0.25, 0.3) is 11.8 Å². The van der Waals surface area contributed by atoms with Crippen molar-refractivity contribution < 1.29 is 23.9 Å². The molecule has 2 aliphatic rings. The van der Waals surface area contributed by atoms with E-state index >= 15 is 0 Å². The van der Waals surface area contributed by atoms with E-state index in [-0.39, 0.29) is 24.3 Å². The van der Waals surface area contributed by atoms with Gasteiger partial charge in [-0.05, 0) is 73.6 Å². The molecule has 1 heterocycles. The minimum atomic E-state index is -0.496. The number of aryl methyl sites for hydroxylation is 1. The van der Waals surface area contributed by atoms with Crippen LogP contribution in [0, 0.1) is 5.92 Å². The first-order valence-corrected chi connectivity index (χ1v) is 14.2. The number of nitrogens with one attached hydrogen (secondary N) is 3. The minimum Gasteiger partial charge on any atom is -0.493 e. The van der Waals surface area contributed by atoms with E-state index in [4.69, 9.17) is 9.47 Å². The zero-order valence-corrected chi connectivity index (χ0v) is 24.2. The second-order valence-electron chi connectivity index (χ2n) is 10.6. The number of carbonyl (C=O) groups is 3. The molecule has 2 fully saturated rings. The Balaban J connectivity index is 1.49. The largest absolute Gasteiger partial charge is 0.493 e. The number of carbonyl (C=O) groups excluding carboxylic acids is 3. The molecule has 2 aromatic rings. The summed E-state index contributed by atoms with van der Waals surface area (Å²) in [5, 5.41) is 3.11. The maximum Gasteiger partial charge on any atom is 0.261 e. The van der Waals surface area contributed by atoms with Crippen LogP contribution in [0.1, 0.15) is 53.7 Å². The Kier molecular flexibility index (Phi) is 10.2. The molecule has 10 nitrogen and oxygen atoms in total. The number of amides is 3. The van der Waals surface area contributed by atoms with Gasteiger partial charge in [-0.2, -0.15) is 0 Å². The van der Waals surface area contributed by atoms with Crippen LogP contribution in [0.15, 0.2) is 49.1 Å². The molecule has 0 unspecified atom stereocenters. The van der Waals surface area contributed by atoms with Crippen LogP contribution < -0.4 is 30.5 Å². The smallest absolute Gasteiger partial charge is 0.261 e. The Labute approximate surface area is 242 Å². The van der Waals surface area contributed by atoms with Crippen molar-refractivity contribution in [2.45, 2.75) is 38.6 Å². The third-order valence-electron chi connectivity index (χ3n) is 7.68. The Morgan fingerprint density at radius 2 is 1.73 bits per heavy atom. The number of methoxy groups -OCH3 is 2. The van der Waals surface area contributed by atoms with E-state index in [1.807, 2.05) is 43.3 Å². The van der Waals surface area contributed by atoms with Gasteiger partial charge in [-0.3, -0.25) is 30.1 Å². The molecule has 220 valence electrons. The van der Waals surface area contributed by atoms with Crippen LogP contribution in [0.3, 0.4) is 0 Å². The SMILES string of the molecule is C=CC(=O)NNC(=O)CCc1ccc(N2CCN(CC3CC3)CC2)cc1C(=O)N[C@H](C)c1ccc(OC)c(OC)c1. The molecular formula is C31H41N5O5. The van der Waals surface area contributed by atoms with Crippen LogP contribution in [0.2, 0.25) is 0 Å². The van der Waals surface area contributed by atoms with Crippen LogP contribution >= 0.6 is 0 Å². The van der Waals surface area contributed by atoms with Crippen molar-refractivity contribution in [1.82, 2.24) is 21.1 Å². The van der Waals surface area contributed by atoms with E-state index in [9.17, 15) is 14.4 Å². The summed E-state index contributed by atoms with van der Waals surface area (Å²) >= 11 is 0. The van der Waals surface area contributed by atoms with Gasteiger partial charge in [0, 0.05) is 50.4 Å². The number of hydrogen-bond acceptors (Lipinski definition) is 7. The molecule has 41 heavy (non-hydrogen) atoms. The van der Waals surface area contributed by atoms with Crippen LogP contribution in [0.25, 0.3) is 0 Å². The highest BCUT2D eigenvalue weighted by Gasteiger charge is 2.27. The molecule has 1 aliphatic carbocycles. The van der Waals surface area contributed by atoms with E-state index in [2.05, 4.69) is 32.5 Å². The number of hydrazine groups is 1. The lowest BCUT2D eigenvalue weighted by Crippen LogP contribution is -2.47. The summed E-state index contributed by atoms with van der Waals surface area (Å²) in [6.45, 7) is 10.3. The van der Waals surface area contributed by atoms with Gasteiger partial charge >= 0.3 is 0 Å². The molecule has 0 aromatic heterocycles. The van der Waals surface area contributed by atoms with Gasteiger partial charge in [0.05, 0.1) is 20.3 Å². The predicted molar refractivity (Wildman–Crippen MR) is 158 cm³/mol. The van der Waals surface area contributed by atoms with Crippen molar-refractivity contribution in [2.75, 3.05) is 51.8 Å². The van der Waals surface area contributed by atoms with Gasteiger partial charge in [0.1, 0.15) is 0 Å². The minimum absolute atomic E-state index is 0.0993. The first kappa shape index (κ1) is 29.9. The Hall–Kier alpha value is -4.05. The summed E-state index contributed by atoms with van der Waals surface area (Å²) < 4.78 is 10.8. The summed E-state index contributed by atoms with van der Waals surface area (Å²) in [6.07, 6.45) is 4.20. The van der Waals surface area contributed by atoms with Crippen molar-refractivity contribution in [3.05, 3.63) is 65.7 Å². The average molecular weight is 564 g/mol. The van der Waals surface area contributed by atoms with Crippen LogP contribution in [0.5, 0.6) is 11.5 Å². The number of rotatable bonds is 12. The zero-order valence-electron chi connectivity index (χ0n) is 24.2.